The van der Waals surface area contributed by atoms with Gasteiger partial charge in [-0.3, -0.25) is 0 Å². The van der Waals surface area contributed by atoms with Gasteiger partial charge in [0.25, 0.3) is 5.92 Å². The fourth-order valence-electron chi connectivity index (χ4n) is 1.65. The van der Waals surface area contributed by atoms with E-state index in [1.54, 1.807) is 6.92 Å². The third-order valence-corrected chi connectivity index (χ3v) is 2.31. The molecule has 0 bridgehead atoms. The van der Waals surface area contributed by atoms with Crippen molar-refractivity contribution >= 4 is 0 Å². The summed E-state index contributed by atoms with van der Waals surface area (Å²) in [6.45, 7) is 1.70. The summed E-state index contributed by atoms with van der Waals surface area (Å²) in [5, 5.41) is 9.03. The van der Waals surface area contributed by atoms with E-state index < -0.39 is 5.92 Å². The maximum absolute atomic E-state index is 12.6. The zero-order chi connectivity index (χ0) is 9.19. The molecule has 3 heteroatoms. The molecule has 0 aromatic heterocycles. The highest BCUT2D eigenvalue weighted by Crippen LogP contribution is 2.36. The van der Waals surface area contributed by atoms with Crippen LogP contribution in [0.1, 0.15) is 32.6 Å². The Morgan fingerprint density at radius 3 is 2.75 bits per heavy atom. The van der Waals surface area contributed by atoms with E-state index in [1.807, 2.05) is 0 Å². The zero-order valence-corrected chi connectivity index (χ0v) is 7.26. The molecular weight excluding hydrogens is 162 g/mol. The summed E-state index contributed by atoms with van der Waals surface area (Å²) < 4.78 is 25.2. The second-order valence-electron chi connectivity index (χ2n) is 3.69. The van der Waals surface area contributed by atoms with Crippen LogP contribution < -0.4 is 0 Å². The molecular formula is C9H15F2O. The molecule has 1 aliphatic carbocycles. The van der Waals surface area contributed by atoms with Gasteiger partial charge in [-0.1, -0.05) is 0 Å². The quantitative estimate of drug-likeness (QED) is 0.686. The minimum absolute atomic E-state index is 0.0512. The van der Waals surface area contributed by atoms with E-state index in [0.29, 0.717) is 19.3 Å². The molecule has 1 aliphatic rings. The van der Waals surface area contributed by atoms with Crippen LogP contribution in [-0.4, -0.2) is 17.1 Å². The summed E-state index contributed by atoms with van der Waals surface area (Å²) >= 11 is 0. The number of alkyl halides is 2. The van der Waals surface area contributed by atoms with Gasteiger partial charge in [-0.25, -0.2) is 8.78 Å². The molecule has 1 radical (unpaired) electrons. The minimum atomic E-state index is -2.56. The number of halogens is 2. The lowest BCUT2D eigenvalue weighted by Crippen LogP contribution is -2.26. The van der Waals surface area contributed by atoms with Gasteiger partial charge in [-0.15, -0.1) is 0 Å². The summed E-state index contributed by atoms with van der Waals surface area (Å²) in [6, 6.07) is 0. The maximum atomic E-state index is 12.6. The molecule has 1 nitrogen and oxygen atoms in total. The van der Waals surface area contributed by atoms with Crippen molar-refractivity contribution in [2.24, 2.45) is 5.92 Å². The van der Waals surface area contributed by atoms with Crippen molar-refractivity contribution in [3.63, 3.8) is 0 Å². The van der Waals surface area contributed by atoms with Crippen LogP contribution in [0.25, 0.3) is 0 Å². The molecule has 71 valence electrons. The Bertz CT molecular complexity index is 135. The molecule has 2 unspecified atom stereocenters. The SMILES string of the molecule is CC(O)CC1C[CH]C(F)(F)CC1. The molecule has 1 fully saturated rings. The van der Waals surface area contributed by atoms with Crippen molar-refractivity contribution in [2.45, 2.75) is 44.6 Å². The van der Waals surface area contributed by atoms with Gasteiger partial charge in [-0.2, -0.15) is 0 Å². The second kappa shape index (κ2) is 3.69. The van der Waals surface area contributed by atoms with Crippen molar-refractivity contribution in [3.05, 3.63) is 6.42 Å². The largest absolute Gasteiger partial charge is 0.393 e. The standard InChI is InChI=1S/C9H15F2O/c1-7(12)6-8-2-4-9(10,11)5-3-8/h4,7-8,12H,2-3,5-6H2,1H3. The van der Waals surface area contributed by atoms with Gasteiger partial charge in [0.2, 0.25) is 0 Å². The molecule has 12 heavy (non-hydrogen) atoms. The molecule has 0 saturated heterocycles. The first kappa shape index (κ1) is 9.90. The molecule has 2 atom stereocenters. The summed E-state index contributed by atoms with van der Waals surface area (Å²) in [5.41, 5.74) is 0. The minimum Gasteiger partial charge on any atom is -0.393 e. The fourth-order valence-corrected chi connectivity index (χ4v) is 1.65. The van der Waals surface area contributed by atoms with Crippen LogP contribution in [0.15, 0.2) is 0 Å². The van der Waals surface area contributed by atoms with Crippen molar-refractivity contribution in [3.8, 4) is 0 Å². The molecule has 0 amide bonds. The Hall–Kier alpha value is -0.180. The predicted molar refractivity (Wildman–Crippen MR) is 42.9 cm³/mol. The molecule has 1 saturated carbocycles. The normalized spacial score (nSPS) is 27.0. The second-order valence-corrected chi connectivity index (χ2v) is 3.69. The summed E-state index contributed by atoms with van der Waals surface area (Å²) in [7, 11) is 0. The highest BCUT2D eigenvalue weighted by molar-refractivity contribution is 4.91. The number of aliphatic hydroxyl groups excluding tert-OH is 1. The Balaban J connectivity index is 2.27. The van der Waals surface area contributed by atoms with E-state index in [-0.39, 0.29) is 18.4 Å². The summed E-state index contributed by atoms with van der Waals surface area (Å²) in [5.74, 6) is -2.31. The smallest absolute Gasteiger partial charge is 0.251 e. The third kappa shape index (κ3) is 3.05. The van der Waals surface area contributed by atoms with E-state index in [2.05, 4.69) is 0 Å². The number of hydrogen-bond donors (Lipinski definition) is 1. The van der Waals surface area contributed by atoms with Crippen molar-refractivity contribution in [1.29, 1.82) is 0 Å². The average molecular weight is 177 g/mol. The first-order valence-electron chi connectivity index (χ1n) is 4.40. The van der Waals surface area contributed by atoms with Crippen LogP contribution in [-0.2, 0) is 0 Å². The van der Waals surface area contributed by atoms with E-state index >= 15 is 0 Å². The van der Waals surface area contributed by atoms with Gasteiger partial charge in [-0.05, 0) is 32.1 Å². The highest BCUT2D eigenvalue weighted by Gasteiger charge is 2.35. The lowest BCUT2D eigenvalue weighted by atomic mass is 9.84. The summed E-state index contributed by atoms with van der Waals surface area (Å²) in [6.07, 6.45) is 2.29. The van der Waals surface area contributed by atoms with Crippen LogP contribution >= 0.6 is 0 Å². The lowest BCUT2D eigenvalue weighted by Gasteiger charge is -2.28. The predicted octanol–water partition coefficient (Wildman–Crippen LogP) is 2.40. The molecule has 0 heterocycles. The molecule has 0 aromatic rings. The van der Waals surface area contributed by atoms with E-state index in [1.165, 1.54) is 0 Å². The highest BCUT2D eigenvalue weighted by atomic mass is 19.3. The van der Waals surface area contributed by atoms with Crippen molar-refractivity contribution in [2.75, 3.05) is 0 Å². The van der Waals surface area contributed by atoms with Crippen LogP contribution in [0.2, 0.25) is 0 Å². The van der Waals surface area contributed by atoms with Crippen LogP contribution in [0.3, 0.4) is 0 Å². The molecule has 0 aromatic carbocycles. The topological polar surface area (TPSA) is 20.2 Å². The average Bonchev–Trinajstić information content (AvgIpc) is 1.93. The van der Waals surface area contributed by atoms with Gasteiger partial charge in [0.1, 0.15) is 0 Å². The summed E-state index contributed by atoms with van der Waals surface area (Å²) in [4.78, 5) is 0. The number of hydrogen-bond acceptors (Lipinski definition) is 1. The Morgan fingerprint density at radius 2 is 2.33 bits per heavy atom. The first-order chi connectivity index (χ1) is 5.49. The zero-order valence-electron chi connectivity index (χ0n) is 7.26. The number of rotatable bonds is 2. The van der Waals surface area contributed by atoms with Gasteiger partial charge in [0.15, 0.2) is 0 Å². The van der Waals surface area contributed by atoms with Gasteiger partial charge in [0.05, 0.1) is 6.10 Å². The Labute approximate surface area is 71.8 Å². The van der Waals surface area contributed by atoms with Gasteiger partial charge in [0, 0.05) is 12.8 Å². The van der Waals surface area contributed by atoms with Crippen LogP contribution in [0.4, 0.5) is 8.78 Å². The molecule has 1 rings (SSSR count). The Morgan fingerprint density at radius 1 is 1.67 bits per heavy atom. The fraction of sp³-hybridized carbons (Fsp3) is 0.889. The molecule has 0 spiro atoms. The van der Waals surface area contributed by atoms with E-state index in [4.69, 9.17) is 5.11 Å². The lowest BCUT2D eigenvalue weighted by molar-refractivity contribution is -0.00571. The first-order valence-corrected chi connectivity index (χ1v) is 4.40. The van der Waals surface area contributed by atoms with Crippen LogP contribution in [0.5, 0.6) is 0 Å². The van der Waals surface area contributed by atoms with Crippen molar-refractivity contribution in [1.82, 2.24) is 0 Å². The molecule has 1 N–H and O–H groups in total. The van der Waals surface area contributed by atoms with Gasteiger partial charge >= 0.3 is 0 Å². The monoisotopic (exact) mass is 177 g/mol. The number of aliphatic hydroxyl groups is 1. The van der Waals surface area contributed by atoms with Crippen molar-refractivity contribution < 1.29 is 13.9 Å². The Kier molecular flexibility index (Phi) is 3.04. The van der Waals surface area contributed by atoms with E-state index in [9.17, 15) is 8.78 Å². The molecule has 0 aliphatic heterocycles. The third-order valence-electron chi connectivity index (χ3n) is 2.31. The van der Waals surface area contributed by atoms with Crippen LogP contribution in [0, 0.1) is 12.3 Å². The maximum Gasteiger partial charge on any atom is 0.251 e. The van der Waals surface area contributed by atoms with Gasteiger partial charge < -0.3 is 5.11 Å². The van der Waals surface area contributed by atoms with E-state index in [0.717, 1.165) is 6.42 Å².